The van der Waals surface area contributed by atoms with Gasteiger partial charge >= 0.3 is 6.09 Å². The quantitative estimate of drug-likeness (QED) is 0.299. The summed E-state index contributed by atoms with van der Waals surface area (Å²) in [6.45, 7) is 11.4. The van der Waals surface area contributed by atoms with Crippen LogP contribution in [0.2, 0.25) is 0 Å². The van der Waals surface area contributed by atoms with Crippen LogP contribution in [-0.2, 0) is 11.3 Å². The molecule has 0 unspecified atom stereocenters. The molecule has 0 atom stereocenters. The van der Waals surface area contributed by atoms with Crippen molar-refractivity contribution in [2.75, 3.05) is 31.5 Å². The number of H-pyrrole nitrogens is 1. The summed E-state index contributed by atoms with van der Waals surface area (Å²) < 4.78 is 5.49. The number of carbonyl (C=O) groups is 1. The Kier molecular flexibility index (Phi) is 8.04. The van der Waals surface area contributed by atoms with Gasteiger partial charge in [0, 0.05) is 79.7 Å². The van der Waals surface area contributed by atoms with Gasteiger partial charge in [-0.3, -0.25) is 14.9 Å². The second kappa shape index (κ2) is 11.8. The third kappa shape index (κ3) is 6.73. The molecule has 1 amide bonds. The number of nitriles is 1. The average Bonchev–Trinajstić information content (AvgIpc) is 3.44. The van der Waals surface area contributed by atoms with Crippen LogP contribution >= 0.6 is 0 Å². The minimum Gasteiger partial charge on any atom is -0.444 e. The Bertz CT molecular complexity index is 1600. The molecule has 4 aromatic rings. The van der Waals surface area contributed by atoms with Crippen LogP contribution in [0.1, 0.15) is 48.7 Å². The van der Waals surface area contributed by atoms with Crippen molar-refractivity contribution in [3.8, 4) is 6.07 Å². The van der Waals surface area contributed by atoms with Gasteiger partial charge in [-0.25, -0.2) is 4.79 Å². The Hall–Kier alpha value is -4.68. The maximum absolute atomic E-state index is 12.3. The van der Waals surface area contributed by atoms with Crippen LogP contribution in [0, 0.1) is 18.3 Å². The van der Waals surface area contributed by atoms with Gasteiger partial charge in [-0.15, -0.1) is 0 Å². The lowest BCUT2D eigenvalue weighted by Crippen LogP contribution is -2.49. The predicted molar refractivity (Wildman–Crippen MR) is 162 cm³/mol. The van der Waals surface area contributed by atoms with Crippen molar-refractivity contribution in [2.24, 2.45) is 0 Å². The number of nitrogens with zero attached hydrogens (tertiary/aromatic N) is 5. The highest BCUT2D eigenvalue weighted by atomic mass is 16.6. The molecule has 0 spiro atoms. The Morgan fingerprint density at radius 2 is 1.90 bits per heavy atom. The molecular weight excluding hydrogens is 514 g/mol. The number of hydrogen-bond donors (Lipinski definition) is 2. The summed E-state index contributed by atoms with van der Waals surface area (Å²) in [5.74, 6) is 0. The van der Waals surface area contributed by atoms with Crippen LogP contribution in [0.3, 0.4) is 0 Å². The van der Waals surface area contributed by atoms with E-state index in [0.717, 1.165) is 58.6 Å². The zero-order chi connectivity index (χ0) is 29.0. The molecule has 9 heteroatoms. The monoisotopic (exact) mass is 549 g/mol. The number of pyridine rings is 2. The van der Waals surface area contributed by atoms with Crippen molar-refractivity contribution in [3.63, 3.8) is 0 Å². The lowest BCUT2D eigenvalue weighted by Gasteiger charge is -2.35. The number of anilines is 2. The standard InChI is InChI=1S/C32H35N7O2/c1-22-27-11-12-35-29(27)10-9-28(22)37-30-24(19-34-20-25(30)17-33)6-8-26-7-5-23(18-36-26)21-38-13-15-39(16-14-38)31(40)41-32(2,3)4/h5-12,18-20,35H,13-16,21H2,1-4H3,(H,34,37)/b8-6+. The topological polar surface area (TPSA) is 110 Å². The largest absolute Gasteiger partial charge is 0.444 e. The Morgan fingerprint density at radius 1 is 1.10 bits per heavy atom. The van der Waals surface area contributed by atoms with Gasteiger partial charge < -0.3 is 19.9 Å². The SMILES string of the molecule is Cc1c(Nc2c(C#N)cncc2/C=C/c2ccc(CN3CCN(C(=O)OC(C)(C)C)CC3)cn2)ccc2[nH]ccc12. The fourth-order valence-electron chi connectivity index (χ4n) is 4.86. The van der Waals surface area contributed by atoms with E-state index in [1.54, 1.807) is 17.3 Å². The number of aromatic amines is 1. The molecule has 1 fully saturated rings. The lowest BCUT2D eigenvalue weighted by atomic mass is 10.1. The number of piperazine rings is 1. The molecular formula is C32H35N7O2. The maximum atomic E-state index is 12.3. The number of nitrogens with one attached hydrogen (secondary N) is 2. The molecule has 1 aromatic carbocycles. The summed E-state index contributed by atoms with van der Waals surface area (Å²) in [6.07, 6.45) is 10.7. The first kappa shape index (κ1) is 27.9. The second-order valence-electron chi connectivity index (χ2n) is 11.2. The van der Waals surface area contributed by atoms with Crippen molar-refractivity contribution >= 4 is 40.5 Å². The van der Waals surface area contributed by atoms with Gasteiger partial charge in [0.15, 0.2) is 0 Å². The van der Waals surface area contributed by atoms with E-state index in [0.29, 0.717) is 24.3 Å². The summed E-state index contributed by atoms with van der Waals surface area (Å²) in [6, 6.07) is 12.4. The number of rotatable bonds is 6. The molecule has 9 nitrogen and oxygen atoms in total. The molecule has 0 aliphatic carbocycles. The fraction of sp³-hybridized carbons (Fsp3) is 0.312. The van der Waals surface area contributed by atoms with Gasteiger partial charge in [0.2, 0.25) is 0 Å². The second-order valence-corrected chi connectivity index (χ2v) is 11.2. The highest BCUT2D eigenvalue weighted by molar-refractivity contribution is 5.90. The van der Waals surface area contributed by atoms with Gasteiger partial charge in [-0.2, -0.15) is 5.26 Å². The Morgan fingerprint density at radius 3 is 2.61 bits per heavy atom. The van der Waals surface area contributed by atoms with E-state index in [-0.39, 0.29) is 6.09 Å². The number of benzene rings is 1. The first-order valence-corrected chi connectivity index (χ1v) is 13.8. The Balaban J connectivity index is 1.24. The lowest BCUT2D eigenvalue weighted by molar-refractivity contribution is 0.0139. The maximum Gasteiger partial charge on any atom is 0.410 e. The third-order valence-corrected chi connectivity index (χ3v) is 7.07. The fourth-order valence-corrected chi connectivity index (χ4v) is 4.86. The van der Waals surface area contributed by atoms with Crippen LogP contribution in [0.15, 0.2) is 55.1 Å². The molecule has 210 valence electrons. The number of aryl methyl sites for hydroxylation is 1. The van der Waals surface area contributed by atoms with E-state index in [1.165, 1.54) is 0 Å². The summed E-state index contributed by atoms with van der Waals surface area (Å²) in [4.78, 5) is 28.5. The summed E-state index contributed by atoms with van der Waals surface area (Å²) >= 11 is 0. The van der Waals surface area contributed by atoms with E-state index >= 15 is 0 Å². The molecule has 41 heavy (non-hydrogen) atoms. The molecule has 5 rings (SSSR count). The summed E-state index contributed by atoms with van der Waals surface area (Å²) in [7, 11) is 0. The molecule has 0 bridgehead atoms. The van der Waals surface area contributed by atoms with Crippen molar-refractivity contribution in [1.82, 2.24) is 24.8 Å². The zero-order valence-electron chi connectivity index (χ0n) is 23.9. The number of hydrogen-bond acceptors (Lipinski definition) is 7. The molecule has 0 saturated carbocycles. The third-order valence-electron chi connectivity index (χ3n) is 7.07. The smallest absolute Gasteiger partial charge is 0.410 e. The molecule has 0 radical (unpaired) electrons. The van der Waals surface area contributed by atoms with Crippen molar-refractivity contribution < 1.29 is 9.53 Å². The number of ether oxygens (including phenoxy) is 1. The average molecular weight is 550 g/mol. The van der Waals surface area contributed by atoms with Crippen LogP contribution in [0.4, 0.5) is 16.2 Å². The molecule has 1 aliphatic rings. The summed E-state index contributed by atoms with van der Waals surface area (Å²) in [5.41, 5.74) is 6.51. The van der Waals surface area contributed by atoms with E-state index in [1.807, 2.05) is 69.6 Å². The molecule has 4 heterocycles. The first-order chi connectivity index (χ1) is 19.7. The first-order valence-electron chi connectivity index (χ1n) is 13.8. The van der Waals surface area contributed by atoms with Crippen LogP contribution in [0.5, 0.6) is 0 Å². The van der Waals surface area contributed by atoms with Gasteiger partial charge in [0.1, 0.15) is 11.7 Å². The van der Waals surface area contributed by atoms with E-state index in [2.05, 4.69) is 44.2 Å². The van der Waals surface area contributed by atoms with Crippen LogP contribution < -0.4 is 5.32 Å². The number of fused-ring (bicyclic) bond motifs is 1. The molecule has 1 saturated heterocycles. The minimum atomic E-state index is -0.486. The van der Waals surface area contributed by atoms with Crippen LogP contribution in [-0.4, -0.2) is 62.6 Å². The van der Waals surface area contributed by atoms with Crippen LogP contribution in [0.25, 0.3) is 23.1 Å². The zero-order valence-corrected chi connectivity index (χ0v) is 23.9. The van der Waals surface area contributed by atoms with Gasteiger partial charge in [-0.1, -0.05) is 6.07 Å². The predicted octanol–water partition coefficient (Wildman–Crippen LogP) is 6.10. The van der Waals surface area contributed by atoms with E-state index in [4.69, 9.17) is 4.74 Å². The minimum absolute atomic E-state index is 0.249. The number of aromatic nitrogens is 3. The molecule has 1 aliphatic heterocycles. The van der Waals surface area contributed by atoms with E-state index < -0.39 is 5.60 Å². The normalized spacial score (nSPS) is 14.4. The van der Waals surface area contributed by atoms with E-state index in [9.17, 15) is 10.1 Å². The summed E-state index contributed by atoms with van der Waals surface area (Å²) in [5, 5.41) is 14.4. The highest BCUT2D eigenvalue weighted by Gasteiger charge is 2.25. The molecule has 2 N–H and O–H groups in total. The number of carbonyl (C=O) groups excluding carboxylic acids is 1. The van der Waals surface area contributed by atoms with Gasteiger partial charge in [-0.05, 0) is 75.2 Å². The number of amides is 1. The van der Waals surface area contributed by atoms with Crippen molar-refractivity contribution in [3.05, 3.63) is 83.1 Å². The molecule has 3 aromatic heterocycles. The Labute approximate surface area is 240 Å². The van der Waals surface area contributed by atoms with Gasteiger partial charge in [0.25, 0.3) is 0 Å². The van der Waals surface area contributed by atoms with Crippen molar-refractivity contribution in [2.45, 2.75) is 39.8 Å². The van der Waals surface area contributed by atoms with Gasteiger partial charge in [0.05, 0.1) is 16.9 Å². The van der Waals surface area contributed by atoms with Crippen molar-refractivity contribution in [1.29, 1.82) is 5.26 Å². The highest BCUT2D eigenvalue weighted by Crippen LogP contribution is 2.31.